The van der Waals surface area contributed by atoms with Crippen molar-refractivity contribution in [2.45, 2.75) is 96.0 Å². The van der Waals surface area contributed by atoms with Crippen molar-refractivity contribution in [3.63, 3.8) is 0 Å². The van der Waals surface area contributed by atoms with Gasteiger partial charge in [0.25, 0.3) is 0 Å². The monoisotopic (exact) mass is 593 g/mol. The molecule has 0 aromatic heterocycles. The highest BCUT2D eigenvalue weighted by molar-refractivity contribution is 8.01. The minimum absolute atomic E-state index is 0.640. The van der Waals surface area contributed by atoms with E-state index in [0.29, 0.717) is 0 Å². The van der Waals surface area contributed by atoms with Gasteiger partial charge in [-0.05, 0) is 13.8 Å². The van der Waals surface area contributed by atoms with Crippen LogP contribution in [0.25, 0.3) is 0 Å². The predicted octanol–water partition coefficient (Wildman–Crippen LogP) is 0.450. The Balaban J connectivity index is 3.87. The Hall–Kier alpha value is -3.40. The third-order valence-electron chi connectivity index (χ3n) is 5.22. The molecule has 40 heavy (non-hydrogen) atoms. The molecular formula is C24H35NO14S. The fraction of sp³-hybridized carbons (Fsp3) is 0.708. The zero-order valence-electron chi connectivity index (χ0n) is 23.7. The van der Waals surface area contributed by atoms with Gasteiger partial charge in [-0.25, -0.2) is 0 Å². The molecule has 16 heteroatoms. The Labute approximate surface area is 235 Å². The second-order valence-corrected chi connectivity index (χ2v) is 10.9. The fourth-order valence-electron chi connectivity index (χ4n) is 3.99. The van der Waals surface area contributed by atoms with Gasteiger partial charge < -0.3 is 33.3 Å². The Morgan fingerprint density at radius 3 is 1.65 bits per heavy atom. The van der Waals surface area contributed by atoms with Gasteiger partial charge in [-0.3, -0.25) is 33.6 Å². The number of hydroxylamine groups is 2. The first-order valence-electron chi connectivity index (χ1n) is 12.0. The van der Waals surface area contributed by atoms with E-state index in [1.165, 1.54) is 0 Å². The number of carbonyl (C=O) groups is 7. The van der Waals surface area contributed by atoms with Gasteiger partial charge in [0.2, 0.25) is 0 Å². The second-order valence-electron chi connectivity index (χ2n) is 9.15. The molecule has 0 unspecified atom stereocenters. The molecule has 1 saturated heterocycles. The molecular weight excluding hydrogens is 558 g/mol. The van der Waals surface area contributed by atoms with Gasteiger partial charge in [0.05, 0.1) is 7.11 Å². The molecule has 1 aliphatic heterocycles. The van der Waals surface area contributed by atoms with Crippen LogP contribution in [0.1, 0.15) is 55.4 Å². The van der Waals surface area contributed by atoms with Crippen molar-refractivity contribution in [1.82, 2.24) is 5.06 Å². The summed E-state index contributed by atoms with van der Waals surface area (Å²) in [4.78, 5) is 90.4. The average Bonchev–Trinajstić information content (AvgIpc) is 3.05. The van der Waals surface area contributed by atoms with Crippen molar-refractivity contribution >= 4 is 53.5 Å². The molecule has 226 valence electrons. The van der Waals surface area contributed by atoms with Crippen LogP contribution in [-0.2, 0) is 66.8 Å². The zero-order valence-corrected chi connectivity index (χ0v) is 24.6. The Kier molecular flexibility index (Phi) is 12.8. The summed E-state index contributed by atoms with van der Waals surface area (Å²) in [7, 11) is 1.13. The minimum Gasteiger partial charge on any atom is -0.468 e. The summed E-state index contributed by atoms with van der Waals surface area (Å²) >= 11 is 1.00. The molecule has 0 bridgehead atoms. The van der Waals surface area contributed by atoms with E-state index >= 15 is 0 Å². The summed E-state index contributed by atoms with van der Waals surface area (Å²) in [6, 6.07) is -1.23. The second kappa shape index (κ2) is 14.8. The first-order valence-corrected chi connectivity index (χ1v) is 12.8. The van der Waals surface area contributed by atoms with Crippen LogP contribution in [0.2, 0.25) is 0 Å². The van der Waals surface area contributed by atoms with Gasteiger partial charge in [-0.1, -0.05) is 0 Å². The average molecular weight is 594 g/mol. The van der Waals surface area contributed by atoms with Gasteiger partial charge >= 0.3 is 41.8 Å². The Morgan fingerprint density at radius 1 is 0.725 bits per heavy atom. The van der Waals surface area contributed by atoms with Crippen LogP contribution in [0, 0.1) is 0 Å². The van der Waals surface area contributed by atoms with Crippen LogP contribution in [0.5, 0.6) is 0 Å². The van der Waals surface area contributed by atoms with Crippen molar-refractivity contribution in [2.24, 2.45) is 0 Å². The summed E-state index contributed by atoms with van der Waals surface area (Å²) in [5.41, 5.74) is 0. The number of nitrogens with zero attached hydrogens (tertiary/aromatic N) is 1. The summed E-state index contributed by atoms with van der Waals surface area (Å²) in [6.07, 6.45) is -6.63. The third kappa shape index (κ3) is 9.97. The lowest BCUT2D eigenvalue weighted by molar-refractivity contribution is -0.231. The molecule has 0 aliphatic carbocycles. The van der Waals surface area contributed by atoms with Crippen molar-refractivity contribution in [3.05, 3.63) is 0 Å². The van der Waals surface area contributed by atoms with E-state index in [4.69, 9.17) is 33.3 Å². The summed E-state index contributed by atoms with van der Waals surface area (Å²) < 4.78 is 30.5. The maximum atomic E-state index is 12.8. The maximum absolute atomic E-state index is 12.8. The van der Waals surface area contributed by atoms with Crippen molar-refractivity contribution in [2.75, 3.05) is 13.7 Å². The highest BCUT2D eigenvalue weighted by Crippen LogP contribution is 2.48. The number of carbonyl (C=O) groups excluding carboxylic acids is 7. The first kappa shape index (κ1) is 34.6. The molecule has 6 atom stereocenters. The smallest absolute Gasteiger partial charge is 0.328 e. The van der Waals surface area contributed by atoms with Crippen LogP contribution in [0.3, 0.4) is 0 Å². The predicted molar refractivity (Wildman–Crippen MR) is 134 cm³/mol. The normalized spacial score (nSPS) is 21.0. The topological polar surface area (TPSA) is 187 Å². The molecule has 0 N–H and O–H groups in total. The van der Waals surface area contributed by atoms with E-state index in [1.54, 1.807) is 13.8 Å². The minimum atomic E-state index is -1.74. The van der Waals surface area contributed by atoms with Gasteiger partial charge in [-0.2, -0.15) is 0 Å². The molecule has 1 aliphatic rings. The van der Waals surface area contributed by atoms with Crippen LogP contribution >= 0.6 is 11.8 Å². The summed E-state index contributed by atoms with van der Waals surface area (Å²) in [5, 5.41) is -0.318. The zero-order chi connectivity index (χ0) is 30.9. The molecule has 0 amide bonds. The Bertz CT molecular complexity index is 998. The van der Waals surface area contributed by atoms with E-state index in [9.17, 15) is 33.6 Å². The highest BCUT2D eigenvalue weighted by atomic mass is 32.2. The number of ether oxygens (including phenoxy) is 6. The maximum Gasteiger partial charge on any atom is 0.328 e. The van der Waals surface area contributed by atoms with Crippen LogP contribution in [-0.4, -0.2) is 101 Å². The number of thioether (sulfide) groups is 1. The first-order chi connectivity index (χ1) is 18.4. The number of hydrogen-bond donors (Lipinski definition) is 0. The van der Waals surface area contributed by atoms with Crippen LogP contribution in [0.4, 0.5) is 0 Å². The van der Waals surface area contributed by atoms with E-state index < -0.39 is 89.0 Å². The van der Waals surface area contributed by atoms with Gasteiger partial charge in [0.15, 0.2) is 30.5 Å². The van der Waals surface area contributed by atoms with Crippen molar-refractivity contribution in [3.8, 4) is 0 Å². The molecule has 1 fully saturated rings. The largest absolute Gasteiger partial charge is 0.468 e. The number of methoxy groups -OCH3 is 1. The quantitative estimate of drug-likeness (QED) is 0.224. The van der Waals surface area contributed by atoms with Crippen molar-refractivity contribution < 1.29 is 66.8 Å². The lowest BCUT2D eigenvalue weighted by atomic mass is 9.99. The molecule has 1 heterocycles. The Morgan fingerprint density at radius 2 is 1.23 bits per heavy atom. The number of rotatable bonds is 12. The fourth-order valence-corrected chi connectivity index (χ4v) is 5.56. The SMILES string of the molecule is COC(=O)[C@@H]1N(OC(C)=O)[C@H]([C@H](OC(C)=O)[C@H](OC(C)=O)[C@H](OC(C)=O)[C@@H](COC(C)=O)OC(C)=O)SC1(C)C. The highest BCUT2D eigenvalue weighted by Gasteiger charge is 2.60. The molecule has 1 rings (SSSR count). The van der Waals surface area contributed by atoms with Crippen LogP contribution < -0.4 is 0 Å². The molecule has 0 saturated carbocycles. The number of hydrogen-bond acceptors (Lipinski definition) is 16. The third-order valence-corrected chi connectivity index (χ3v) is 6.76. The van der Waals surface area contributed by atoms with Crippen molar-refractivity contribution in [1.29, 1.82) is 0 Å². The van der Waals surface area contributed by atoms with E-state index in [2.05, 4.69) is 0 Å². The van der Waals surface area contributed by atoms with Gasteiger partial charge in [-0.15, -0.1) is 16.8 Å². The van der Waals surface area contributed by atoms with Crippen LogP contribution in [0.15, 0.2) is 0 Å². The molecule has 15 nitrogen and oxygen atoms in total. The lowest BCUT2D eigenvalue weighted by Gasteiger charge is -2.38. The molecule has 0 radical (unpaired) electrons. The van der Waals surface area contributed by atoms with Gasteiger partial charge in [0.1, 0.15) is 12.0 Å². The van der Waals surface area contributed by atoms with Gasteiger partial charge in [0, 0.05) is 46.3 Å². The van der Waals surface area contributed by atoms with E-state index in [1.807, 2.05) is 0 Å². The van der Waals surface area contributed by atoms with E-state index in [-0.39, 0.29) is 0 Å². The summed E-state index contributed by atoms with van der Waals surface area (Å²) in [6.45, 7) is 8.89. The number of esters is 6. The molecule has 0 aromatic carbocycles. The molecule has 0 spiro atoms. The summed E-state index contributed by atoms with van der Waals surface area (Å²) in [5.74, 6) is -6.03. The van der Waals surface area contributed by atoms with E-state index in [0.717, 1.165) is 65.5 Å². The lowest BCUT2D eigenvalue weighted by Crippen LogP contribution is -2.59. The molecule has 0 aromatic rings. The standard InChI is InChI=1S/C24H35NO14S/c1-11(26)34-10-17(35-12(2)27)18(36-13(3)28)19(37-14(4)29)20(38-15(5)30)22-25(39-16(6)31)21(23(32)33-9)24(7,8)40-22/h17-22H,10H2,1-9H3/t17-,18-,19-,20-,21+,22+/m1/s1.